The Morgan fingerprint density at radius 2 is 1.82 bits per heavy atom. The number of aromatic nitrogens is 2. The maximum Gasteiger partial charge on any atom is 0.259 e. The lowest BCUT2D eigenvalue weighted by atomic mass is 10.1. The molecule has 38 heavy (non-hydrogen) atoms. The minimum Gasteiger partial charge on any atom is -0.378 e. The molecule has 0 saturated carbocycles. The predicted molar refractivity (Wildman–Crippen MR) is 141 cm³/mol. The number of likely N-dealkylation sites (N-methyl/N-ethyl adjacent to an activating group) is 1. The van der Waals surface area contributed by atoms with Gasteiger partial charge in [-0.05, 0) is 45.6 Å². The van der Waals surface area contributed by atoms with E-state index in [1.165, 1.54) is 28.8 Å². The zero-order valence-electron chi connectivity index (χ0n) is 21.8. The van der Waals surface area contributed by atoms with Gasteiger partial charge < -0.3 is 24.8 Å². The summed E-state index contributed by atoms with van der Waals surface area (Å²) >= 11 is 0. The lowest BCUT2D eigenvalue weighted by molar-refractivity contribution is 0.0782. The van der Waals surface area contributed by atoms with Crippen molar-refractivity contribution in [3.05, 3.63) is 69.6 Å². The number of ether oxygens (including phenoxy) is 1. The second-order valence-electron chi connectivity index (χ2n) is 10.1. The standard InChI is InChI=1S/C27H32F2N6O3/c1-17(30-21-12-19(28)11-20(29)13-21)23-10-18(27(37)34-5-4-22(16-34)32(2)3)15-35-25(36)14-24(31-26(23)35)33-6-8-38-9-7-33/h10-15,17,22,30H,4-9,16H2,1-3H3. The highest BCUT2D eigenvalue weighted by atomic mass is 19.1. The number of pyridine rings is 1. The quantitative estimate of drug-likeness (QED) is 0.529. The molecule has 2 aliphatic rings. The number of halogens is 2. The van der Waals surface area contributed by atoms with Crippen LogP contribution in [0.1, 0.15) is 35.3 Å². The molecule has 3 aromatic rings. The van der Waals surface area contributed by atoms with Gasteiger partial charge in [-0.3, -0.25) is 14.0 Å². The van der Waals surface area contributed by atoms with Crippen LogP contribution in [-0.4, -0.2) is 84.6 Å². The number of hydrogen-bond donors (Lipinski definition) is 1. The van der Waals surface area contributed by atoms with Crippen molar-refractivity contribution in [1.82, 2.24) is 19.2 Å². The number of hydrogen-bond acceptors (Lipinski definition) is 7. The highest BCUT2D eigenvalue weighted by Crippen LogP contribution is 2.27. The molecule has 9 nitrogen and oxygen atoms in total. The van der Waals surface area contributed by atoms with E-state index >= 15 is 0 Å². The molecule has 0 bridgehead atoms. The van der Waals surface area contributed by atoms with E-state index in [0.717, 1.165) is 12.5 Å². The number of nitrogens with zero attached hydrogens (tertiary/aromatic N) is 5. The van der Waals surface area contributed by atoms with Gasteiger partial charge in [-0.25, -0.2) is 13.8 Å². The number of benzene rings is 1. The van der Waals surface area contributed by atoms with Gasteiger partial charge in [0.2, 0.25) is 0 Å². The molecule has 2 fully saturated rings. The van der Waals surface area contributed by atoms with Gasteiger partial charge in [0.15, 0.2) is 0 Å². The minimum atomic E-state index is -0.707. The SMILES string of the molecule is CC(Nc1cc(F)cc(F)c1)c1cc(C(=O)N2CCC(N(C)C)C2)cn2c(=O)cc(N3CCOCC3)nc12. The number of carbonyl (C=O) groups is 1. The first kappa shape index (κ1) is 26.1. The lowest BCUT2D eigenvalue weighted by Gasteiger charge is -2.28. The Morgan fingerprint density at radius 3 is 2.47 bits per heavy atom. The van der Waals surface area contributed by atoms with Crippen LogP contribution in [0.2, 0.25) is 0 Å². The van der Waals surface area contributed by atoms with E-state index in [2.05, 4.69) is 10.2 Å². The van der Waals surface area contributed by atoms with E-state index in [1.807, 2.05) is 19.0 Å². The first-order valence-electron chi connectivity index (χ1n) is 12.8. The summed E-state index contributed by atoms with van der Waals surface area (Å²) in [6.07, 6.45) is 2.41. The predicted octanol–water partition coefficient (Wildman–Crippen LogP) is 2.76. The van der Waals surface area contributed by atoms with Gasteiger partial charge in [0.1, 0.15) is 23.1 Å². The molecule has 202 valence electrons. The molecular weight excluding hydrogens is 494 g/mol. The van der Waals surface area contributed by atoms with Crippen LogP contribution in [0.5, 0.6) is 0 Å². The van der Waals surface area contributed by atoms with Crippen LogP contribution in [0.15, 0.2) is 41.3 Å². The van der Waals surface area contributed by atoms with Crippen LogP contribution in [0.4, 0.5) is 20.3 Å². The Labute approximate surface area is 219 Å². The molecule has 2 saturated heterocycles. The molecule has 0 aliphatic carbocycles. The third-order valence-electron chi connectivity index (χ3n) is 7.25. The van der Waals surface area contributed by atoms with E-state index in [1.54, 1.807) is 17.9 Å². The van der Waals surface area contributed by atoms with Gasteiger partial charge in [-0.1, -0.05) is 0 Å². The van der Waals surface area contributed by atoms with Gasteiger partial charge in [-0.2, -0.15) is 0 Å². The maximum absolute atomic E-state index is 13.9. The molecule has 2 aliphatic heterocycles. The normalized spacial score (nSPS) is 18.8. The molecule has 2 aromatic heterocycles. The summed E-state index contributed by atoms with van der Waals surface area (Å²) in [6, 6.07) is 6.12. The number of amides is 1. The fraction of sp³-hybridized carbons (Fsp3) is 0.444. The Hall–Kier alpha value is -3.57. The summed E-state index contributed by atoms with van der Waals surface area (Å²) in [5, 5.41) is 3.11. The molecular formula is C27H32F2N6O3. The molecule has 1 aromatic carbocycles. The third kappa shape index (κ3) is 5.34. The van der Waals surface area contributed by atoms with Crippen molar-refractivity contribution in [2.24, 2.45) is 0 Å². The van der Waals surface area contributed by atoms with Crippen molar-refractivity contribution in [2.75, 3.05) is 63.7 Å². The van der Waals surface area contributed by atoms with Crippen molar-refractivity contribution in [1.29, 1.82) is 0 Å². The topological polar surface area (TPSA) is 82.4 Å². The number of carbonyl (C=O) groups excluding carboxylic acids is 1. The molecule has 11 heteroatoms. The highest BCUT2D eigenvalue weighted by molar-refractivity contribution is 5.95. The van der Waals surface area contributed by atoms with E-state index in [4.69, 9.17) is 9.72 Å². The van der Waals surface area contributed by atoms with Crippen LogP contribution in [0.3, 0.4) is 0 Å². The molecule has 1 amide bonds. The Kier molecular flexibility index (Phi) is 7.31. The van der Waals surface area contributed by atoms with Crippen molar-refractivity contribution in [3.8, 4) is 0 Å². The van der Waals surface area contributed by atoms with Gasteiger partial charge in [0.05, 0.1) is 24.8 Å². The van der Waals surface area contributed by atoms with Crippen LogP contribution >= 0.6 is 0 Å². The Bertz CT molecular complexity index is 1390. The van der Waals surface area contributed by atoms with E-state index in [-0.39, 0.29) is 23.2 Å². The first-order chi connectivity index (χ1) is 18.2. The smallest absolute Gasteiger partial charge is 0.259 e. The summed E-state index contributed by atoms with van der Waals surface area (Å²) in [7, 11) is 3.99. The Morgan fingerprint density at radius 1 is 1.11 bits per heavy atom. The summed E-state index contributed by atoms with van der Waals surface area (Å²) in [5.41, 5.74) is 1.22. The van der Waals surface area contributed by atoms with Crippen molar-refractivity contribution >= 4 is 23.1 Å². The molecule has 0 spiro atoms. The van der Waals surface area contributed by atoms with Crippen LogP contribution in [0.25, 0.3) is 5.65 Å². The zero-order valence-corrected chi connectivity index (χ0v) is 21.8. The molecule has 1 N–H and O–H groups in total. The van der Waals surface area contributed by atoms with E-state index in [0.29, 0.717) is 62.0 Å². The average molecular weight is 527 g/mol. The average Bonchev–Trinajstić information content (AvgIpc) is 3.38. The highest BCUT2D eigenvalue weighted by Gasteiger charge is 2.29. The second-order valence-corrected chi connectivity index (χ2v) is 10.1. The number of fused-ring (bicyclic) bond motifs is 1. The Balaban J connectivity index is 1.58. The fourth-order valence-electron chi connectivity index (χ4n) is 5.10. The number of morpholine rings is 1. The second kappa shape index (κ2) is 10.7. The number of nitrogens with one attached hydrogen (secondary N) is 1. The fourth-order valence-corrected chi connectivity index (χ4v) is 5.10. The van der Waals surface area contributed by atoms with Gasteiger partial charge >= 0.3 is 0 Å². The summed E-state index contributed by atoms with van der Waals surface area (Å²) in [4.78, 5) is 37.5. The van der Waals surface area contributed by atoms with Gasteiger partial charge in [0.25, 0.3) is 11.5 Å². The molecule has 4 heterocycles. The maximum atomic E-state index is 13.9. The van der Waals surface area contributed by atoms with Crippen LogP contribution in [-0.2, 0) is 4.74 Å². The van der Waals surface area contributed by atoms with E-state index in [9.17, 15) is 18.4 Å². The number of rotatable bonds is 6. The monoisotopic (exact) mass is 526 g/mol. The largest absolute Gasteiger partial charge is 0.378 e. The van der Waals surface area contributed by atoms with Crippen LogP contribution < -0.4 is 15.8 Å². The van der Waals surface area contributed by atoms with Crippen molar-refractivity contribution in [3.63, 3.8) is 0 Å². The molecule has 5 rings (SSSR count). The summed E-state index contributed by atoms with van der Waals surface area (Å²) < 4.78 is 34.6. The summed E-state index contributed by atoms with van der Waals surface area (Å²) in [5.74, 6) is -1.06. The number of likely N-dealkylation sites (tertiary alicyclic amines) is 1. The van der Waals surface area contributed by atoms with E-state index < -0.39 is 17.7 Å². The summed E-state index contributed by atoms with van der Waals surface area (Å²) in [6.45, 7) is 5.30. The van der Waals surface area contributed by atoms with Gasteiger partial charge in [0, 0.05) is 61.8 Å². The molecule has 2 unspecified atom stereocenters. The third-order valence-corrected chi connectivity index (χ3v) is 7.25. The molecule has 0 radical (unpaired) electrons. The van der Waals surface area contributed by atoms with Crippen molar-refractivity contribution in [2.45, 2.75) is 25.4 Å². The minimum absolute atomic E-state index is 0.175. The first-order valence-corrected chi connectivity index (χ1v) is 12.8. The van der Waals surface area contributed by atoms with Crippen LogP contribution in [0, 0.1) is 11.6 Å². The van der Waals surface area contributed by atoms with Crippen molar-refractivity contribution < 1.29 is 18.3 Å². The number of anilines is 2. The zero-order chi connectivity index (χ0) is 27.0. The lowest BCUT2D eigenvalue weighted by Crippen LogP contribution is -2.38. The molecule has 2 atom stereocenters. The van der Waals surface area contributed by atoms with Gasteiger partial charge in [-0.15, -0.1) is 0 Å².